The number of H-pyrrole nitrogens is 1. The van der Waals surface area contributed by atoms with Crippen molar-refractivity contribution >= 4 is 28.2 Å². The molecule has 0 unspecified atom stereocenters. The molecule has 0 fully saturated rings. The summed E-state index contributed by atoms with van der Waals surface area (Å²) in [5.74, 6) is -0.238. The molecule has 0 saturated heterocycles. The molecule has 7 heteroatoms. The third kappa shape index (κ3) is 3.26. The Morgan fingerprint density at radius 1 is 1.25 bits per heavy atom. The van der Waals surface area contributed by atoms with E-state index in [0.717, 1.165) is 5.52 Å². The number of aromatic amines is 1. The van der Waals surface area contributed by atoms with Crippen LogP contribution in [0.4, 0.5) is 11.4 Å². The van der Waals surface area contributed by atoms with Crippen LogP contribution in [0.2, 0.25) is 0 Å². The highest BCUT2D eigenvalue weighted by Crippen LogP contribution is 2.24. The molecule has 3 aromatic rings. The second-order valence-electron chi connectivity index (χ2n) is 5.38. The van der Waals surface area contributed by atoms with E-state index in [1.807, 2.05) is 0 Å². The summed E-state index contributed by atoms with van der Waals surface area (Å²) in [6.45, 7) is -0.101. The van der Waals surface area contributed by atoms with Gasteiger partial charge in [-0.3, -0.25) is 14.9 Å². The topological polar surface area (TPSA) is 108 Å². The number of nitrogens with zero attached hydrogens (tertiary/aromatic N) is 1. The number of nitro groups is 1. The number of fused-ring (bicyclic) bond motifs is 1. The van der Waals surface area contributed by atoms with Gasteiger partial charge in [0.2, 0.25) is 5.91 Å². The fourth-order valence-corrected chi connectivity index (χ4v) is 2.55. The van der Waals surface area contributed by atoms with Gasteiger partial charge < -0.3 is 15.4 Å². The second-order valence-corrected chi connectivity index (χ2v) is 5.38. The molecule has 0 saturated carbocycles. The molecule has 24 heavy (non-hydrogen) atoms. The van der Waals surface area contributed by atoms with Gasteiger partial charge in [-0.1, -0.05) is 12.1 Å². The number of hydrogen-bond donors (Lipinski definition) is 3. The molecule has 3 rings (SSSR count). The summed E-state index contributed by atoms with van der Waals surface area (Å²) in [5, 5.41) is 23.4. The standard InChI is InChI=1S/C17H15N3O4/c21-10-11-2-1-3-13(6-11)19-17(22)7-12-9-18-16-5-4-14(20(23)24)8-15(12)16/h1-6,8-9,18,21H,7,10H2,(H,19,22). The Kier molecular flexibility index (Phi) is 4.26. The number of hydrogen-bond acceptors (Lipinski definition) is 4. The number of carbonyl (C=O) groups excluding carboxylic acids is 1. The Morgan fingerprint density at radius 2 is 2.08 bits per heavy atom. The third-order valence-corrected chi connectivity index (χ3v) is 3.71. The first-order valence-corrected chi connectivity index (χ1v) is 7.31. The van der Waals surface area contributed by atoms with Crippen LogP contribution in [0.3, 0.4) is 0 Å². The van der Waals surface area contributed by atoms with Gasteiger partial charge in [-0.15, -0.1) is 0 Å². The molecule has 0 radical (unpaired) electrons. The van der Waals surface area contributed by atoms with Crippen LogP contribution in [0.15, 0.2) is 48.7 Å². The maximum Gasteiger partial charge on any atom is 0.270 e. The zero-order valence-corrected chi connectivity index (χ0v) is 12.7. The molecule has 1 aromatic heterocycles. The molecule has 0 aliphatic heterocycles. The number of aliphatic hydroxyl groups is 1. The van der Waals surface area contributed by atoms with Gasteiger partial charge in [0, 0.05) is 34.9 Å². The van der Waals surface area contributed by atoms with Crippen molar-refractivity contribution in [3.63, 3.8) is 0 Å². The first-order chi connectivity index (χ1) is 11.6. The molecule has 122 valence electrons. The fourth-order valence-electron chi connectivity index (χ4n) is 2.55. The average Bonchev–Trinajstić information content (AvgIpc) is 2.97. The van der Waals surface area contributed by atoms with E-state index in [2.05, 4.69) is 10.3 Å². The molecule has 2 aromatic carbocycles. The molecule has 7 nitrogen and oxygen atoms in total. The van der Waals surface area contributed by atoms with E-state index in [1.165, 1.54) is 12.1 Å². The fraction of sp³-hybridized carbons (Fsp3) is 0.118. The first kappa shape index (κ1) is 15.7. The zero-order valence-electron chi connectivity index (χ0n) is 12.7. The van der Waals surface area contributed by atoms with E-state index in [4.69, 9.17) is 5.11 Å². The van der Waals surface area contributed by atoms with Gasteiger partial charge in [-0.25, -0.2) is 0 Å². The van der Waals surface area contributed by atoms with E-state index in [-0.39, 0.29) is 24.6 Å². The number of non-ortho nitro benzene ring substituents is 1. The minimum absolute atomic E-state index is 0.0144. The second kappa shape index (κ2) is 6.51. The summed E-state index contributed by atoms with van der Waals surface area (Å²) in [5.41, 5.74) is 2.71. The summed E-state index contributed by atoms with van der Waals surface area (Å²) in [6.07, 6.45) is 1.77. The van der Waals surface area contributed by atoms with Gasteiger partial charge in [-0.2, -0.15) is 0 Å². The minimum Gasteiger partial charge on any atom is -0.392 e. The van der Waals surface area contributed by atoms with Crippen LogP contribution in [0.25, 0.3) is 10.9 Å². The van der Waals surface area contributed by atoms with Gasteiger partial charge in [0.25, 0.3) is 5.69 Å². The first-order valence-electron chi connectivity index (χ1n) is 7.31. The van der Waals surface area contributed by atoms with Crippen LogP contribution in [-0.2, 0) is 17.8 Å². The molecule has 0 atom stereocenters. The van der Waals surface area contributed by atoms with Gasteiger partial charge in [0.15, 0.2) is 0 Å². The number of nitrogens with one attached hydrogen (secondary N) is 2. The maximum atomic E-state index is 12.2. The third-order valence-electron chi connectivity index (χ3n) is 3.71. The quantitative estimate of drug-likeness (QED) is 0.495. The highest BCUT2D eigenvalue weighted by molar-refractivity contribution is 5.96. The monoisotopic (exact) mass is 325 g/mol. The molecular weight excluding hydrogens is 310 g/mol. The normalized spacial score (nSPS) is 10.7. The molecular formula is C17H15N3O4. The van der Waals surface area contributed by atoms with Gasteiger partial charge in [0.05, 0.1) is 18.0 Å². The number of aromatic nitrogens is 1. The predicted octanol–water partition coefficient (Wildman–Crippen LogP) is 2.75. The van der Waals surface area contributed by atoms with Crippen molar-refractivity contribution in [2.75, 3.05) is 5.32 Å². The molecule has 1 heterocycles. The number of nitro benzene ring substituents is 1. The number of carbonyl (C=O) groups is 1. The average molecular weight is 325 g/mol. The number of anilines is 1. The maximum absolute atomic E-state index is 12.2. The highest BCUT2D eigenvalue weighted by atomic mass is 16.6. The zero-order chi connectivity index (χ0) is 17.1. The van der Waals surface area contributed by atoms with Crippen molar-refractivity contribution < 1.29 is 14.8 Å². The lowest BCUT2D eigenvalue weighted by atomic mass is 10.1. The summed E-state index contributed by atoms with van der Waals surface area (Å²) in [6, 6.07) is 11.4. The van der Waals surface area contributed by atoms with Crippen molar-refractivity contribution in [2.24, 2.45) is 0 Å². The Balaban J connectivity index is 1.80. The Bertz CT molecular complexity index is 917. The Morgan fingerprint density at radius 3 is 2.83 bits per heavy atom. The SMILES string of the molecule is O=C(Cc1c[nH]c2ccc([N+](=O)[O-])cc12)Nc1cccc(CO)c1. The predicted molar refractivity (Wildman–Crippen MR) is 89.7 cm³/mol. The van der Waals surface area contributed by atoms with E-state index < -0.39 is 4.92 Å². The summed E-state index contributed by atoms with van der Waals surface area (Å²) < 4.78 is 0. The lowest BCUT2D eigenvalue weighted by Crippen LogP contribution is -2.14. The summed E-state index contributed by atoms with van der Waals surface area (Å²) in [4.78, 5) is 25.7. The Labute approximate surface area is 137 Å². The lowest BCUT2D eigenvalue weighted by molar-refractivity contribution is -0.384. The van der Waals surface area contributed by atoms with Crippen LogP contribution in [0, 0.1) is 10.1 Å². The molecule has 1 amide bonds. The minimum atomic E-state index is -0.462. The van der Waals surface area contributed by atoms with Crippen LogP contribution in [-0.4, -0.2) is 20.9 Å². The molecule has 0 spiro atoms. The van der Waals surface area contributed by atoms with Crippen molar-refractivity contribution in [1.82, 2.24) is 4.98 Å². The smallest absolute Gasteiger partial charge is 0.270 e. The van der Waals surface area contributed by atoms with E-state index in [1.54, 1.807) is 36.5 Å². The van der Waals surface area contributed by atoms with Gasteiger partial charge in [0.1, 0.15) is 0 Å². The lowest BCUT2D eigenvalue weighted by Gasteiger charge is -2.06. The van der Waals surface area contributed by atoms with Crippen LogP contribution < -0.4 is 5.32 Å². The molecule has 0 bridgehead atoms. The number of benzene rings is 2. The molecule has 0 aliphatic carbocycles. The number of rotatable bonds is 5. The van der Waals surface area contributed by atoms with E-state index in [0.29, 0.717) is 22.2 Å². The van der Waals surface area contributed by atoms with Crippen molar-refractivity contribution in [3.8, 4) is 0 Å². The molecule has 0 aliphatic rings. The molecule has 3 N–H and O–H groups in total. The number of amides is 1. The van der Waals surface area contributed by atoms with E-state index >= 15 is 0 Å². The summed E-state index contributed by atoms with van der Waals surface area (Å²) >= 11 is 0. The van der Waals surface area contributed by atoms with Crippen LogP contribution in [0.5, 0.6) is 0 Å². The summed E-state index contributed by atoms with van der Waals surface area (Å²) in [7, 11) is 0. The van der Waals surface area contributed by atoms with Crippen molar-refractivity contribution in [2.45, 2.75) is 13.0 Å². The van der Waals surface area contributed by atoms with Gasteiger partial charge >= 0.3 is 0 Å². The van der Waals surface area contributed by atoms with Crippen LogP contribution >= 0.6 is 0 Å². The van der Waals surface area contributed by atoms with Crippen molar-refractivity contribution in [3.05, 3.63) is 69.9 Å². The van der Waals surface area contributed by atoms with E-state index in [9.17, 15) is 14.9 Å². The number of aliphatic hydroxyl groups excluding tert-OH is 1. The largest absolute Gasteiger partial charge is 0.392 e. The highest BCUT2D eigenvalue weighted by Gasteiger charge is 2.13. The van der Waals surface area contributed by atoms with Gasteiger partial charge in [-0.05, 0) is 29.3 Å². The Hall–Kier alpha value is -3.19. The van der Waals surface area contributed by atoms with Crippen molar-refractivity contribution in [1.29, 1.82) is 0 Å². The van der Waals surface area contributed by atoms with Crippen LogP contribution in [0.1, 0.15) is 11.1 Å².